The molecule has 1 aromatic heterocycles. The quantitative estimate of drug-likeness (QED) is 0.890. The van der Waals surface area contributed by atoms with Crippen LogP contribution in [-0.2, 0) is 7.05 Å². The van der Waals surface area contributed by atoms with Crippen LogP contribution in [0.4, 0.5) is 0 Å². The summed E-state index contributed by atoms with van der Waals surface area (Å²) in [5.74, 6) is 3.76. The summed E-state index contributed by atoms with van der Waals surface area (Å²) in [7, 11) is 2.05. The molecule has 5 nitrogen and oxygen atoms in total. The second kappa shape index (κ2) is 7.56. The van der Waals surface area contributed by atoms with Gasteiger partial charge in [-0.15, -0.1) is 10.2 Å². The lowest BCUT2D eigenvalue weighted by molar-refractivity contribution is 0.211. The second-order valence-electron chi connectivity index (χ2n) is 7.57. The van der Waals surface area contributed by atoms with Crippen molar-refractivity contribution in [1.29, 1.82) is 0 Å². The summed E-state index contributed by atoms with van der Waals surface area (Å²) in [4.78, 5) is 0. The molecule has 25 heavy (non-hydrogen) atoms. The van der Waals surface area contributed by atoms with Crippen LogP contribution in [0.15, 0.2) is 24.3 Å². The van der Waals surface area contributed by atoms with Crippen LogP contribution in [-0.4, -0.2) is 20.8 Å². The molecular weight excluding hydrogens is 312 g/mol. The molecule has 0 unspecified atom stereocenters. The standard InChI is InChI=1S/C20H30N4O/c1-13(2)16-6-5-7-18(12-16)25-14(3)19-22-23-20(24(19)4)15-8-10-17(21)11-9-15/h5-7,12-15,17H,8-11,21H2,1-4H3/t14-,15?,17?/m1/s1. The zero-order valence-corrected chi connectivity index (χ0v) is 15.8. The Hall–Kier alpha value is -1.88. The highest BCUT2D eigenvalue weighted by Gasteiger charge is 2.26. The van der Waals surface area contributed by atoms with Crippen LogP contribution in [0.25, 0.3) is 0 Å². The maximum absolute atomic E-state index is 6.15. The van der Waals surface area contributed by atoms with Crippen LogP contribution >= 0.6 is 0 Å². The van der Waals surface area contributed by atoms with Gasteiger partial charge in [0.2, 0.25) is 0 Å². The minimum Gasteiger partial charge on any atom is -0.483 e. The molecule has 3 rings (SSSR count). The van der Waals surface area contributed by atoms with E-state index >= 15 is 0 Å². The third-order valence-corrected chi connectivity index (χ3v) is 5.28. The summed E-state index contributed by atoms with van der Waals surface area (Å²) >= 11 is 0. The lowest BCUT2D eigenvalue weighted by Crippen LogP contribution is -2.26. The van der Waals surface area contributed by atoms with Crippen molar-refractivity contribution in [2.75, 3.05) is 0 Å². The van der Waals surface area contributed by atoms with E-state index in [4.69, 9.17) is 10.5 Å². The average Bonchev–Trinajstić information content (AvgIpc) is 2.97. The molecule has 1 saturated carbocycles. The van der Waals surface area contributed by atoms with Gasteiger partial charge >= 0.3 is 0 Å². The maximum atomic E-state index is 6.15. The minimum absolute atomic E-state index is 0.139. The largest absolute Gasteiger partial charge is 0.483 e. The van der Waals surface area contributed by atoms with Gasteiger partial charge in [-0.3, -0.25) is 0 Å². The number of aromatic nitrogens is 3. The molecular formula is C20H30N4O. The molecule has 0 radical (unpaired) electrons. The molecule has 0 spiro atoms. The van der Waals surface area contributed by atoms with Crippen molar-refractivity contribution in [3.8, 4) is 5.75 Å². The highest BCUT2D eigenvalue weighted by molar-refractivity contribution is 5.30. The lowest BCUT2D eigenvalue weighted by Gasteiger charge is -2.25. The molecule has 5 heteroatoms. The first kappa shape index (κ1) is 17.9. The summed E-state index contributed by atoms with van der Waals surface area (Å²) in [6.45, 7) is 6.41. The number of ether oxygens (including phenoxy) is 1. The predicted molar refractivity (Wildman–Crippen MR) is 99.8 cm³/mol. The Balaban J connectivity index is 1.72. The molecule has 1 aliphatic carbocycles. The van der Waals surface area contributed by atoms with Gasteiger partial charge in [0, 0.05) is 19.0 Å². The normalized spacial score (nSPS) is 22.2. The Kier molecular flexibility index (Phi) is 5.42. The Morgan fingerprint density at radius 3 is 2.52 bits per heavy atom. The zero-order valence-electron chi connectivity index (χ0n) is 15.8. The monoisotopic (exact) mass is 342 g/mol. The minimum atomic E-state index is -0.139. The average molecular weight is 342 g/mol. The van der Waals surface area contributed by atoms with Gasteiger partial charge in [-0.2, -0.15) is 0 Å². The zero-order chi connectivity index (χ0) is 18.0. The summed E-state index contributed by atoms with van der Waals surface area (Å²) in [6.07, 6.45) is 4.19. The molecule has 1 aliphatic rings. The van der Waals surface area contributed by atoms with Crippen LogP contribution in [0, 0.1) is 0 Å². The van der Waals surface area contributed by atoms with E-state index < -0.39 is 0 Å². The summed E-state index contributed by atoms with van der Waals surface area (Å²) in [5.41, 5.74) is 7.30. The molecule has 0 saturated heterocycles. The molecule has 0 amide bonds. The van der Waals surface area contributed by atoms with Crippen LogP contribution in [0.1, 0.15) is 81.6 Å². The van der Waals surface area contributed by atoms with Gasteiger partial charge in [0.15, 0.2) is 11.9 Å². The molecule has 2 N–H and O–H groups in total. The first-order chi connectivity index (χ1) is 12.0. The first-order valence-corrected chi connectivity index (χ1v) is 9.37. The Morgan fingerprint density at radius 2 is 1.84 bits per heavy atom. The van der Waals surface area contributed by atoms with Crippen molar-refractivity contribution in [1.82, 2.24) is 14.8 Å². The van der Waals surface area contributed by atoms with Crippen molar-refractivity contribution < 1.29 is 4.74 Å². The highest BCUT2D eigenvalue weighted by Crippen LogP contribution is 2.32. The second-order valence-corrected chi connectivity index (χ2v) is 7.57. The SMILES string of the molecule is CC(C)c1cccc(O[C@H](C)c2nnc(C3CCC(N)CC3)n2C)c1. The van der Waals surface area contributed by atoms with Gasteiger partial charge in [0.25, 0.3) is 0 Å². The number of hydrogen-bond donors (Lipinski definition) is 1. The van der Waals surface area contributed by atoms with Crippen molar-refractivity contribution in [3.05, 3.63) is 41.5 Å². The molecule has 1 fully saturated rings. The van der Waals surface area contributed by atoms with E-state index in [1.165, 1.54) is 5.56 Å². The summed E-state index contributed by atoms with van der Waals surface area (Å²) < 4.78 is 8.26. The molecule has 0 aliphatic heterocycles. The van der Waals surface area contributed by atoms with Gasteiger partial charge in [0.1, 0.15) is 11.6 Å². The van der Waals surface area contributed by atoms with E-state index in [-0.39, 0.29) is 6.10 Å². The topological polar surface area (TPSA) is 66.0 Å². The van der Waals surface area contributed by atoms with E-state index in [9.17, 15) is 0 Å². The molecule has 2 aromatic rings. The van der Waals surface area contributed by atoms with Gasteiger partial charge in [-0.25, -0.2) is 0 Å². The van der Waals surface area contributed by atoms with Gasteiger partial charge in [-0.05, 0) is 56.2 Å². The van der Waals surface area contributed by atoms with Crippen molar-refractivity contribution in [3.63, 3.8) is 0 Å². The van der Waals surface area contributed by atoms with E-state index in [0.717, 1.165) is 43.1 Å². The molecule has 1 aromatic carbocycles. The number of nitrogens with two attached hydrogens (primary N) is 1. The van der Waals surface area contributed by atoms with Gasteiger partial charge in [-0.1, -0.05) is 26.0 Å². The van der Waals surface area contributed by atoms with Crippen LogP contribution in [0.2, 0.25) is 0 Å². The van der Waals surface area contributed by atoms with Gasteiger partial charge < -0.3 is 15.0 Å². The van der Waals surface area contributed by atoms with Crippen LogP contribution < -0.4 is 10.5 Å². The fraction of sp³-hybridized carbons (Fsp3) is 0.600. The summed E-state index contributed by atoms with van der Waals surface area (Å²) in [5, 5.41) is 8.89. The third-order valence-electron chi connectivity index (χ3n) is 5.28. The maximum Gasteiger partial charge on any atom is 0.173 e. The molecule has 0 bridgehead atoms. The fourth-order valence-corrected chi connectivity index (χ4v) is 3.64. The smallest absolute Gasteiger partial charge is 0.173 e. The van der Waals surface area contributed by atoms with Crippen molar-refractivity contribution >= 4 is 0 Å². The number of hydrogen-bond acceptors (Lipinski definition) is 4. The number of nitrogens with zero attached hydrogens (tertiary/aromatic N) is 3. The first-order valence-electron chi connectivity index (χ1n) is 9.37. The van der Waals surface area contributed by atoms with Crippen molar-refractivity contribution in [2.45, 2.75) is 70.4 Å². The highest BCUT2D eigenvalue weighted by atomic mass is 16.5. The van der Waals surface area contributed by atoms with E-state index in [1.54, 1.807) is 0 Å². The van der Waals surface area contributed by atoms with Crippen molar-refractivity contribution in [2.24, 2.45) is 12.8 Å². The molecule has 1 atom stereocenters. The van der Waals surface area contributed by atoms with Crippen LogP contribution in [0.5, 0.6) is 5.75 Å². The molecule has 1 heterocycles. The Morgan fingerprint density at radius 1 is 1.12 bits per heavy atom. The summed E-state index contributed by atoms with van der Waals surface area (Å²) in [6, 6.07) is 8.64. The Bertz CT molecular complexity index is 701. The molecule has 136 valence electrons. The van der Waals surface area contributed by atoms with Gasteiger partial charge in [0.05, 0.1) is 0 Å². The lowest BCUT2D eigenvalue weighted by atomic mass is 9.86. The van der Waals surface area contributed by atoms with E-state index in [0.29, 0.717) is 17.9 Å². The fourth-order valence-electron chi connectivity index (χ4n) is 3.64. The number of rotatable bonds is 5. The number of benzene rings is 1. The Labute approximate surface area is 150 Å². The predicted octanol–water partition coefficient (Wildman–Crippen LogP) is 4.06. The van der Waals surface area contributed by atoms with E-state index in [1.807, 2.05) is 26.1 Å². The van der Waals surface area contributed by atoms with E-state index in [2.05, 4.69) is 40.7 Å². The third kappa shape index (κ3) is 4.03. The van der Waals surface area contributed by atoms with Crippen LogP contribution in [0.3, 0.4) is 0 Å².